The first-order valence-electron chi connectivity index (χ1n) is 5.77. The fraction of sp³-hybridized carbons (Fsp3) is 0.909. The van der Waals surface area contributed by atoms with Gasteiger partial charge in [-0.25, -0.2) is 0 Å². The van der Waals surface area contributed by atoms with E-state index in [1.165, 1.54) is 0 Å². The molecule has 2 N–H and O–H groups in total. The van der Waals surface area contributed by atoms with Gasteiger partial charge in [-0.15, -0.1) is 0 Å². The Bertz CT molecular complexity index is 203. The van der Waals surface area contributed by atoms with Gasteiger partial charge < -0.3 is 15.4 Å². The molecule has 1 fully saturated rings. The van der Waals surface area contributed by atoms with Gasteiger partial charge in [0.1, 0.15) is 0 Å². The quantitative estimate of drug-likeness (QED) is 0.704. The summed E-state index contributed by atoms with van der Waals surface area (Å²) in [5.41, 5.74) is 0. The SMILES string of the molecule is CCOC1CC(NC(=S)NCC(C)C)C1. The zero-order chi connectivity index (χ0) is 11.3. The van der Waals surface area contributed by atoms with Crippen LogP contribution in [0.1, 0.15) is 33.6 Å². The molecule has 1 saturated carbocycles. The molecule has 0 amide bonds. The van der Waals surface area contributed by atoms with Crippen molar-refractivity contribution in [1.82, 2.24) is 10.6 Å². The van der Waals surface area contributed by atoms with Crippen molar-refractivity contribution in [2.24, 2.45) is 5.92 Å². The fourth-order valence-electron chi connectivity index (χ4n) is 1.59. The van der Waals surface area contributed by atoms with Crippen LogP contribution in [0.5, 0.6) is 0 Å². The molecule has 0 aromatic rings. The second-order valence-electron chi connectivity index (χ2n) is 4.49. The van der Waals surface area contributed by atoms with Crippen LogP contribution in [-0.4, -0.2) is 30.4 Å². The van der Waals surface area contributed by atoms with Crippen molar-refractivity contribution in [3.8, 4) is 0 Å². The van der Waals surface area contributed by atoms with E-state index in [9.17, 15) is 0 Å². The van der Waals surface area contributed by atoms with E-state index in [1.807, 2.05) is 6.92 Å². The highest BCUT2D eigenvalue weighted by molar-refractivity contribution is 7.80. The van der Waals surface area contributed by atoms with E-state index in [2.05, 4.69) is 24.5 Å². The average Bonchev–Trinajstić information content (AvgIpc) is 2.11. The Balaban J connectivity index is 2.03. The van der Waals surface area contributed by atoms with E-state index in [0.717, 1.165) is 31.1 Å². The summed E-state index contributed by atoms with van der Waals surface area (Å²) in [6, 6.07) is 0.508. The van der Waals surface area contributed by atoms with Crippen LogP contribution in [0.15, 0.2) is 0 Å². The predicted octanol–water partition coefficient (Wildman–Crippen LogP) is 1.67. The summed E-state index contributed by atoms with van der Waals surface area (Å²) >= 11 is 5.19. The molecule has 0 radical (unpaired) electrons. The zero-order valence-corrected chi connectivity index (χ0v) is 10.7. The summed E-state index contributed by atoms with van der Waals surface area (Å²) < 4.78 is 5.48. The lowest BCUT2D eigenvalue weighted by Gasteiger charge is -2.36. The Morgan fingerprint density at radius 3 is 2.67 bits per heavy atom. The number of rotatable bonds is 5. The molecule has 1 aliphatic rings. The Labute approximate surface area is 98.0 Å². The third-order valence-electron chi connectivity index (χ3n) is 2.50. The average molecular weight is 230 g/mol. The van der Waals surface area contributed by atoms with Gasteiger partial charge in [0.05, 0.1) is 6.10 Å². The van der Waals surface area contributed by atoms with Crippen LogP contribution < -0.4 is 10.6 Å². The molecule has 4 heteroatoms. The topological polar surface area (TPSA) is 33.3 Å². The van der Waals surface area contributed by atoms with Crippen molar-refractivity contribution in [2.45, 2.75) is 45.8 Å². The molecule has 15 heavy (non-hydrogen) atoms. The van der Waals surface area contributed by atoms with Gasteiger partial charge in [0.15, 0.2) is 5.11 Å². The first kappa shape index (κ1) is 12.7. The summed E-state index contributed by atoms with van der Waals surface area (Å²) in [6.07, 6.45) is 2.61. The van der Waals surface area contributed by atoms with Gasteiger partial charge >= 0.3 is 0 Å². The zero-order valence-electron chi connectivity index (χ0n) is 9.88. The van der Waals surface area contributed by atoms with Crippen molar-refractivity contribution in [3.63, 3.8) is 0 Å². The van der Waals surface area contributed by atoms with Crippen molar-refractivity contribution in [2.75, 3.05) is 13.2 Å². The van der Waals surface area contributed by atoms with E-state index in [0.29, 0.717) is 18.1 Å². The molecule has 1 aliphatic carbocycles. The second-order valence-corrected chi connectivity index (χ2v) is 4.90. The first-order chi connectivity index (χ1) is 7.11. The molecule has 0 spiro atoms. The Hall–Kier alpha value is -0.350. The van der Waals surface area contributed by atoms with Crippen LogP contribution in [0.2, 0.25) is 0 Å². The molecular weight excluding hydrogens is 208 g/mol. The normalized spacial score (nSPS) is 24.8. The molecule has 0 aromatic heterocycles. The lowest BCUT2D eigenvalue weighted by Crippen LogP contribution is -2.51. The van der Waals surface area contributed by atoms with Gasteiger partial charge in [0, 0.05) is 19.2 Å². The number of ether oxygens (including phenoxy) is 1. The highest BCUT2D eigenvalue weighted by Gasteiger charge is 2.29. The second kappa shape index (κ2) is 6.28. The molecule has 0 saturated heterocycles. The van der Waals surface area contributed by atoms with Gasteiger partial charge in [-0.3, -0.25) is 0 Å². The molecule has 0 bridgehead atoms. The molecule has 3 nitrogen and oxygen atoms in total. The summed E-state index contributed by atoms with van der Waals surface area (Å²) in [6.45, 7) is 8.13. The van der Waals surface area contributed by atoms with Crippen LogP contribution in [0.25, 0.3) is 0 Å². The van der Waals surface area contributed by atoms with E-state index in [1.54, 1.807) is 0 Å². The minimum atomic E-state index is 0.445. The van der Waals surface area contributed by atoms with Crippen LogP contribution in [-0.2, 0) is 4.74 Å². The van der Waals surface area contributed by atoms with Crippen LogP contribution in [0.4, 0.5) is 0 Å². The van der Waals surface area contributed by atoms with Gasteiger partial charge in [-0.05, 0) is 37.9 Å². The van der Waals surface area contributed by atoms with Gasteiger partial charge in [0.25, 0.3) is 0 Å². The van der Waals surface area contributed by atoms with E-state index in [4.69, 9.17) is 17.0 Å². The molecule has 0 unspecified atom stereocenters. The molecule has 0 aromatic carbocycles. The Kier molecular flexibility index (Phi) is 5.32. The van der Waals surface area contributed by atoms with Crippen molar-refractivity contribution in [3.05, 3.63) is 0 Å². The summed E-state index contributed by atoms with van der Waals surface area (Å²) in [7, 11) is 0. The first-order valence-corrected chi connectivity index (χ1v) is 6.18. The maximum atomic E-state index is 5.48. The van der Waals surface area contributed by atoms with Crippen molar-refractivity contribution >= 4 is 17.3 Å². The summed E-state index contributed by atoms with van der Waals surface area (Å²) in [5.74, 6) is 0.627. The summed E-state index contributed by atoms with van der Waals surface area (Å²) in [4.78, 5) is 0. The molecule has 88 valence electrons. The van der Waals surface area contributed by atoms with Gasteiger partial charge in [0.2, 0.25) is 0 Å². The standard InChI is InChI=1S/C11H22N2OS/c1-4-14-10-5-9(6-10)13-11(15)12-7-8(2)3/h8-10H,4-7H2,1-3H3,(H2,12,13,15). The van der Waals surface area contributed by atoms with Gasteiger partial charge in [-0.1, -0.05) is 13.8 Å². The predicted molar refractivity (Wildman–Crippen MR) is 67.0 cm³/mol. The summed E-state index contributed by atoms with van der Waals surface area (Å²) in [5, 5.41) is 7.29. The minimum Gasteiger partial charge on any atom is -0.378 e. The van der Waals surface area contributed by atoms with Gasteiger partial charge in [-0.2, -0.15) is 0 Å². The van der Waals surface area contributed by atoms with Crippen molar-refractivity contribution in [1.29, 1.82) is 0 Å². The monoisotopic (exact) mass is 230 g/mol. The smallest absolute Gasteiger partial charge is 0.166 e. The number of hydrogen-bond acceptors (Lipinski definition) is 2. The van der Waals surface area contributed by atoms with Crippen molar-refractivity contribution < 1.29 is 4.74 Å². The molecule has 0 heterocycles. The Morgan fingerprint density at radius 1 is 1.47 bits per heavy atom. The number of nitrogens with one attached hydrogen (secondary N) is 2. The van der Waals surface area contributed by atoms with Crippen LogP contribution >= 0.6 is 12.2 Å². The molecular formula is C11H22N2OS. The number of thiocarbonyl (C=S) groups is 1. The highest BCUT2D eigenvalue weighted by atomic mass is 32.1. The lowest BCUT2D eigenvalue weighted by molar-refractivity contribution is -0.00563. The molecule has 0 aliphatic heterocycles. The van der Waals surface area contributed by atoms with Crippen LogP contribution in [0, 0.1) is 5.92 Å². The third kappa shape index (κ3) is 4.80. The largest absolute Gasteiger partial charge is 0.378 e. The molecule has 1 rings (SSSR count). The van der Waals surface area contributed by atoms with E-state index >= 15 is 0 Å². The van der Waals surface area contributed by atoms with E-state index in [-0.39, 0.29) is 0 Å². The lowest BCUT2D eigenvalue weighted by atomic mass is 9.89. The maximum absolute atomic E-state index is 5.48. The fourth-order valence-corrected chi connectivity index (χ4v) is 1.84. The van der Waals surface area contributed by atoms with Crippen LogP contribution in [0.3, 0.4) is 0 Å². The third-order valence-corrected chi connectivity index (χ3v) is 2.77. The maximum Gasteiger partial charge on any atom is 0.166 e. The van der Waals surface area contributed by atoms with E-state index < -0.39 is 0 Å². The molecule has 0 atom stereocenters. The highest BCUT2D eigenvalue weighted by Crippen LogP contribution is 2.22. The Morgan fingerprint density at radius 2 is 2.13 bits per heavy atom. The number of hydrogen-bond donors (Lipinski definition) is 2. The minimum absolute atomic E-state index is 0.445.